The van der Waals surface area contributed by atoms with E-state index in [0.717, 1.165) is 39.1 Å². The van der Waals surface area contributed by atoms with Gasteiger partial charge in [-0.2, -0.15) is 15.2 Å². The van der Waals surface area contributed by atoms with Crippen molar-refractivity contribution in [3.63, 3.8) is 0 Å². The van der Waals surface area contributed by atoms with E-state index in [1.807, 2.05) is 61.5 Å². The van der Waals surface area contributed by atoms with Crippen LogP contribution in [0.2, 0.25) is 0 Å². The zero-order valence-corrected chi connectivity index (χ0v) is 29.5. The first-order valence-electron chi connectivity index (χ1n) is 17.0. The number of nitrogens with zero attached hydrogens (tertiary/aromatic N) is 6. The van der Waals surface area contributed by atoms with Gasteiger partial charge in [-0.05, 0) is 30.4 Å². The molecule has 3 aromatic carbocycles. The van der Waals surface area contributed by atoms with Crippen molar-refractivity contribution in [3.05, 3.63) is 83.6 Å². The van der Waals surface area contributed by atoms with Gasteiger partial charge in [-0.15, -0.1) is 0 Å². The summed E-state index contributed by atoms with van der Waals surface area (Å²) in [7, 11) is 4.71. The van der Waals surface area contributed by atoms with Gasteiger partial charge in [0.05, 0.1) is 30.8 Å². The van der Waals surface area contributed by atoms with E-state index in [2.05, 4.69) is 28.0 Å². The summed E-state index contributed by atoms with van der Waals surface area (Å²) in [6.45, 7) is 4.62. The standard InChI is InChI=1S/C38H44N6O7/c1-26(36(47-3)48-4)51-37-40-33-23-42(34-21-30(50-25-46-2)20-28-12-8-9-13-31(28)34)17-15-32(33)35(41-37)43-18-19-44(29(22-43)14-16-39)38(45)49-24-27-10-6-5-7-11-27/h5-13,20-21,26,29,36H,14-15,17-19,22-25H2,1-4H3/t26-,29+/m1/s1. The van der Waals surface area contributed by atoms with Crippen LogP contribution in [0.1, 0.15) is 30.2 Å². The molecule has 0 N–H and O–H groups in total. The number of aromatic nitrogens is 2. The lowest BCUT2D eigenvalue weighted by atomic mass is 10.0. The van der Waals surface area contributed by atoms with Gasteiger partial charge in [0.2, 0.25) is 0 Å². The van der Waals surface area contributed by atoms with E-state index in [9.17, 15) is 10.1 Å². The maximum Gasteiger partial charge on any atom is 0.410 e. The van der Waals surface area contributed by atoms with E-state index < -0.39 is 24.5 Å². The molecule has 0 radical (unpaired) electrons. The van der Waals surface area contributed by atoms with Gasteiger partial charge in [0.1, 0.15) is 24.3 Å². The number of anilines is 2. The minimum absolute atomic E-state index is 0.144. The Balaban J connectivity index is 1.30. The van der Waals surface area contributed by atoms with Gasteiger partial charge in [0, 0.05) is 70.2 Å². The van der Waals surface area contributed by atoms with Crippen molar-refractivity contribution >= 4 is 28.4 Å². The SMILES string of the molecule is COCOc1cc(N2CCc3c(nc(O[C@H](C)C(OC)OC)nc3N3CCN(C(=O)OCc4ccccc4)[C@@H](CC#N)C3)C2)c2ccccc2c1. The number of rotatable bonds is 13. The molecule has 6 rings (SSSR count). The van der Waals surface area contributed by atoms with Crippen LogP contribution < -0.4 is 19.3 Å². The van der Waals surface area contributed by atoms with E-state index in [4.69, 9.17) is 38.4 Å². The van der Waals surface area contributed by atoms with Gasteiger partial charge in [-0.25, -0.2) is 4.79 Å². The number of ether oxygens (including phenoxy) is 6. The van der Waals surface area contributed by atoms with Crippen molar-refractivity contribution in [1.82, 2.24) is 14.9 Å². The molecule has 0 unspecified atom stereocenters. The molecule has 0 saturated carbocycles. The molecular formula is C38H44N6O7. The van der Waals surface area contributed by atoms with Gasteiger partial charge in [0.15, 0.2) is 13.1 Å². The summed E-state index contributed by atoms with van der Waals surface area (Å²) in [6.07, 6.45) is -0.760. The highest BCUT2D eigenvalue weighted by Crippen LogP contribution is 2.37. The summed E-state index contributed by atoms with van der Waals surface area (Å²) in [6, 6.07) is 23.9. The summed E-state index contributed by atoms with van der Waals surface area (Å²) in [5.74, 6) is 1.45. The number of piperazine rings is 1. The van der Waals surface area contributed by atoms with Crippen LogP contribution in [0.4, 0.5) is 16.3 Å². The smallest absolute Gasteiger partial charge is 0.410 e. The first-order chi connectivity index (χ1) is 24.9. The lowest BCUT2D eigenvalue weighted by molar-refractivity contribution is -0.152. The van der Waals surface area contributed by atoms with Crippen LogP contribution in [0, 0.1) is 11.3 Å². The monoisotopic (exact) mass is 696 g/mol. The second-order valence-electron chi connectivity index (χ2n) is 12.5. The molecule has 0 bridgehead atoms. The topological polar surface area (TPSA) is 132 Å². The third-order valence-corrected chi connectivity index (χ3v) is 9.21. The molecule has 2 aliphatic rings. The second kappa shape index (κ2) is 16.7. The maximum absolute atomic E-state index is 13.3. The van der Waals surface area contributed by atoms with Crippen molar-refractivity contribution in [3.8, 4) is 17.8 Å². The Kier molecular flexibility index (Phi) is 11.7. The van der Waals surface area contributed by atoms with Crippen molar-refractivity contribution in [2.24, 2.45) is 0 Å². The Hall–Kier alpha value is -5.16. The Morgan fingerprint density at radius 3 is 2.53 bits per heavy atom. The maximum atomic E-state index is 13.3. The molecule has 1 aromatic heterocycles. The van der Waals surface area contributed by atoms with Gasteiger partial charge in [0.25, 0.3) is 0 Å². The predicted octanol–water partition coefficient (Wildman–Crippen LogP) is 5.30. The number of nitriles is 1. The largest absolute Gasteiger partial charge is 0.467 e. The van der Waals surface area contributed by atoms with E-state index >= 15 is 0 Å². The lowest BCUT2D eigenvalue weighted by Crippen LogP contribution is -2.55. The molecule has 0 aliphatic carbocycles. The number of methoxy groups -OCH3 is 3. The van der Waals surface area contributed by atoms with Crippen LogP contribution in [-0.4, -0.2) is 93.7 Å². The average molecular weight is 697 g/mol. The molecule has 13 nitrogen and oxygen atoms in total. The number of amides is 1. The van der Waals surface area contributed by atoms with E-state index in [1.54, 1.807) is 26.2 Å². The van der Waals surface area contributed by atoms with Gasteiger partial charge < -0.3 is 43.1 Å². The number of carbonyl (C=O) groups is 1. The van der Waals surface area contributed by atoms with Gasteiger partial charge in [-0.1, -0.05) is 54.6 Å². The number of hydrogen-bond acceptors (Lipinski definition) is 12. The molecule has 51 heavy (non-hydrogen) atoms. The zero-order chi connectivity index (χ0) is 35.7. The second-order valence-corrected chi connectivity index (χ2v) is 12.5. The molecule has 3 heterocycles. The van der Waals surface area contributed by atoms with E-state index in [0.29, 0.717) is 44.9 Å². The highest BCUT2D eigenvalue weighted by molar-refractivity contribution is 5.95. The van der Waals surface area contributed by atoms with Crippen LogP contribution in [0.3, 0.4) is 0 Å². The molecule has 2 atom stereocenters. The molecule has 1 saturated heterocycles. The first kappa shape index (κ1) is 35.7. The Bertz CT molecular complexity index is 1830. The highest BCUT2D eigenvalue weighted by atomic mass is 16.7. The normalized spacial score (nSPS) is 16.5. The van der Waals surface area contributed by atoms with Crippen molar-refractivity contribution in [1.29, 1.82) is 5.26 Å². The molecule has 13 heteroatoms. The summed E-state index contributed by atoms with van der Waals surface area (Å²) < 4.78 is 33.9. The van der Waals surface area contributed by atoms with Crippen molar-refractivity contribution < 1.29 is 33.2 Å². The van der Waals surface area contributed by atoms with Crippen LogP contribution >= 0.6 is 0 Å². The number of carbonyl (C=O) groups excluding carboxylic acids is 1. The number of fused-ring (bicyclic) bond motifs is 2. The molecule has 1 amide bonds. The fourth-order valence-corrected chi connectivity index (χ4v) is 6.72. The summed E-state index contributed by atoms with van der Waals surface area (Å²) >= 11 is 0. The quantitative estimate of drug-likeness (QED) is 0.168. The van der Waals surface area contributed by atoms with Crippen molar-refractivity contribution in [2.45, 2.75) is 51.4 Å². The molecular weight excluding hydrogens is 652 g/mol. The van der Waals surface area contributed by atoms with Crippen LogP contribution in [0.25, 0.3) is 10.8 Å². The third kappa shape index (κ3) is 8.26. The van der Waals surface area contributed by atoms with Gasteiger partial charge >= 0.3 is 12.1 Å². The summed E-state index contributed by atoms with van der Waals surface area (Å²) in [4.78, 5) is 29.2. The molecule has 0 spiro atoms. The highest BCUT2D eigenvalue weighted by Gasteiger charge is 2.35. The molecule has 4 aromatic rings. The average Bonchev–Trinajstić information content (AvgIpc) is 3.16. The minimum atomic E-state index is -0.628. The predicted molar refractivity (Wildman–Crippen MR) is 191 cm³/mol. The molecule has 268 valence electrons. The number of hydrogen-bond donors (Lipinski definition) is 0. The van der Waals surface area contributed by atoms with Crippen molar-refractivity contribution in [2.75, 3.05) is 64.1 Å². The minimum Gasteiger partial charge on any atom is -0.467 e. The lowest BCUT2D eigenvalue weighted by Gasteiger charge is -2.42. The Morgan fingerprint density at radius 1 is 0.980 bits per heavy atom. The number of benzene rings is 3. The zero-order valence-electron chi connectivity index (χ0n) is 29.5. The third-order valence-electron chi connectivity index (χ3n) is 9.21. The first-order valence-corrected chi connectivity index (χ1v) is 17.0. The fraction of sp³-hybridized carbons (Fsp3) is 0.421. The Labute approximate surface area is 298 Å². The van der Waals surface area contributed by atoms with E-state index in [1.165, 1.54) is 0 Å². The van der Waals surface area contributed by atoms with Crippen LogP contribution in [0.5, 0.6) is 11.8 Å². The van der Waals surface area contributed by atoms with Gasteiger partial charge in [-0.3, -0.25) is 0 Å². The molecule has 2 aliphatic heterocycles. The Morgan fingerprint density at radius 2 is 1.76 bits per heavy atom. The summed E-state index contributed by atoms with van der Waals surface area (Å²) in [5.41, 5.74) is 3.76. The molecule has 1 fully saturated rings. The van der Waals surface area contributed by atoms with E-state index in [-0.39, 0.29) is 25.8 Å². The van der Waals surface area contributed by atoms with Crippen LogP contribution in [0.15, 0.2) is 66.7 Å². The van der Waals surface area contributed by atoms with Crippen LogP contribution in [-0.2, 0) is 38.5 Å². The fourth-order valence-electron chi connectivity index (χ4n) is 6.72. The summed E-state index contributed by atoms with van der Waals surface area (Å²) in [5, 5.41) is 11.9.